The second-order valence-corrected chi connectivity index (χ2v) is 8.12. The van der Waals surface area contributed by atoms with E-state index in [0.717, 1.165) is 21.1 Å². The van der Waals surface area contributed by atoms with Crippen molar-refractivity contribution in [1.29, 1.82) is 0 Å². The number of fused-ring (bicyclic) bond motifs is 3. The van der Waals surface area contributed by atoms with Crippen molar-refractivity contribution < 1.29 is 9.53 Å². The molecule has 0 radical (unpaired) electrons. The van der Waals surface area contributed by atoms with Crippen molar-refractivity contribution in [2.75, 3.05) is 7.11 Å². The number of aryl methyl sites for hydroxylation is 1. The van der Waals surface area contributed by atoms with Crippen molar-refractivity contribution >= 4 is 27.5 Å². The van der Waals surface area contributed by atoms with E-state index in [-0.39, 0.29) is 5.91 Å². The maximum absolute atomic E-state index is 13.0. The molecule has 4 atom stereocenters. The van der Waals surface area contributed by atoms with Gasteiger partial charge in [-0.2, -0.15) is 0 Å². The first-order valence-electron chi connectivity index (χ1n) is 8.33. The maximum atomic E-state index is 13.0. The minimum absolute atomic E-state index is 0.0134. The Kier molecular flexibility index (Phi) is 3.56. The maximum Gasteiger partial charge on any atom is 0.256 e. The Morgan fingerprint density at radius 2 is 2.13 bits per heavy atom. The van der Waals surface area contributed by atoms with Crippen molar-refractivity contribution in [3.05, 3.63) is 22.7 Å². The van der Waals surface area contributed by atoms with E-state index >= 15 is 0 Å². The quantitative estimate of drug-likeness (QED) is 0.932. The molecule has 5 heteroatoms. The molecule has 2 saturated carbocycles. The molecule has 1 aromatic carbocycles. The summed E-state index contributed by atoms with van der Waals surface area (Å²) in [5, 5.41) is 4.28. The van der Waals surface area contributed by atoms with E-state index in [1.165, 1.54) is 19.3 Å². The summed E-state index contributed by atoms with van der Waals surface area (Å²) in [7, 11) is 1.62. The van der Waals surface area contributed by atoms with Crippen molar-refractivity contribution in [2.24, 2.45) is 17.8 Å². The summed E-state index contributed by atoms with van der Waals surface area (Å²) >= 11 is 1.56. The summed E-state index contributed by atoms with van der Waals surface area (Å²) in [4.78, 5) is 17.5. The fraction of sp³-hybridized carbons (Fsp3) is 0.556. The van der Waals surface area contributed by atoms with Crippen molar-refractivity contribution in [3.63, 3.8) is 0 Å². The van der Waals surface area contributed by atoms with Gasteiger partial charge in [-0.3, -0.25) is 4.79 Å². The molecule has 2 aromatic rings. The molecule has 0 saturated heterocycles. The molecule has 0 aliphatic heterocycles. The summed E-state index contributed by atoms with van der Waals surface area (Å²) in [5.74, 6) is 2.63. The number of carbonyl (C=O) groups is 1. The molecule has 1 heterocycles. The van der Waals surface area contributed by atoms with Gasteiger partial charge in [0.1, 0.15) is 11.3 Å². The molecule has 2 aliphatic carbocycles. The molecular weight excluding hydrogens is 308 g/mol. The standard InChI is InChI=1S/C18H22N2O2S/c1-9-11-4-5-12(8-11)16(9)20-18(21)15-14(22-3)7-6-13-17(15)23-10(2)19-13/h6-7,9,11-12,16H,4-5,8H2,1-3H3,(H,20,21)/t9?,11-,12?,16?/m0/s1. The monoisotopic (exact) mass is 330 g/mol. The Bertz CT molecular complexity index is 768. The van der Waals surface area contributed by atoms with Crippen LogP contribution in [0.1, 0.15) is 41.6 Å². The number of hydrogen-bond donors (Lipinski definition) is 1. The summed E-state index contributed by atoms with van der Waals surface area (Å²) < 4.78 is 6.38. The van der Waals surface area contributed by atoms with Gasteiger partial charge in [-0.25, -0.2) is 4.98 Å². The summed E-state index contributed by atoms with van der Waals surface area (Å²) in [5.41, 5.74) is 1.52. The summed E-state index contributed by atoms with van der Waals surface area (Å²) in [6.45, 7) is 4.25. The summed E-state index contributed by atoms with van der Waals surface area (Å²) in [6.07, 6.45) is 3.85. The van der Waals surface area contributed by atoms with Crippen LogP contribution in [0.15, 0.2) is 12.1 Å². The van der Waals surface area contributed by atoms with E-state index in [2.05, 4.69) is 17.2 Å². The number of amides is 1. The number of rotatable bonds is 3. The molecule has 122 valence electrons. The van der Waals surface area contributed by atoms with Gasteiger partial charge in [-0.15, -0.1) is 11.3 Å². The van der Waals surface area contributed by atoms with E-state index in [1.807, 2.05) is 19.1 Å². The average molecular weight is 330 g/mol. The van der Waals surface area contributed by atoms with Gasteiger partial charge in [0, 0.05) is 6.04 Å². The molecular formula is C18H22N2O2S. The van der Waals surface area contributed by atoms with E-state index < -0.39 is 0 Å². The van der Waals surface area contributed by atoms with Crippen LogP contribution in [0.2, 0.25) is 0 Å². The minimum Gasteiger partial charge on any atom is -0.496 e. The number of thiazole rings is 1. The van der Waals surface area contributed by atoms with Gasteiger partial charge < -0.3 is 10.1 Å². The first-order chi connectivity index (χ1) is 11.1. The molecule has 0 spiro atoms. The highest BCUT2D eigenvalue weighted by atomic mass is 32.1. The number of hydrogen-bond acceptors (Lipinski definition) is 4. The third-order valence-corrected chi connectivity index (χ3v) is 6.71. The summed E-state index contributed by atoms with van der Waals surface area (Å²) in [6, 6.07) is 4.07. The Morgan fingerprint density at radius 3 is 2.83 bits per heavy atom. The fourth-order valence-corrected chi connectivity index (χ4v) is 5.48. The largest absolute Gasteiger partial charge is 0.496 e. The first kappa shape index (κ1) is 14.9. The van der Waals surface area contributed by atoms with Crippen LogP contribution < -0.4 is 10.1 Å². The third-order valence-electron chi connectivity index (χ3n) is 5.70. The number of nitrogens with zero attached hydrogens (tertiary/aromatic N) is 1. The molecule has 2 fully saturated rings. The number of aromatic nitrogens is 1. The predicted molar refractivity (Wildman–Crippen MR) is 92.2 cm³/mol. The van der Waals surface area contributed by atoms with Crippen LogP contribution in [0.4, 0.5) is 0 Å². The number of methoxy groups -OCH3 is 1. The molecule has 4 nitrogen and oxygen atoms in total. The lowest BCUT2D eigenvalue weighted by Crippen LogP contribution is -2.43. The van der Waals surface area contributed by atoms with Crippen LogP contribution in [0.3, 0.4) is 0 Å². The molecule has 2 bridgehead atoms. The van der Waals surface area contributed by atoms with E-state index in [0.29, 0.717) is 29.2 Å². The molecule has 1 amide bonds. The van der Waals surface area contributed by atoms with Crippen LogP contribution in [-0.4, -0.2) is 24.0 Å². The lowest BCUT2D eigenvalue weighted by Gasteiger charge is -2.29. The van der Waals surface area contributed by atoms with Gasteiger partial charge in [0.05, 0.1) is 22.3 Å². The second-order valence-electron chi connectivity index (χ2n) is 6.92. The average Bonchev–Trinajstić information content (AvgIpc) is 3.21. The molecule has 4 rings (SSSR count). The molecule has 3 unspecified atom stereocenters. The van der Waals surface area contributed by atoms with Gasteiger partial charge in [0.2, 0.25) is 0 Å². The Morgan fingerprint density at radius 1 is 1.35 bits per heavy atom. The van der Waals surface area contributed by atoms with Gasteiger partial charge >= 0.3 is 0 Å². The number of benzene rings is 1. The number of nitrogens with one attached hydrogen (secondary N) is 1. The molecule has 2 aliphatic rings. The highest BCUT2D eigenvalue weighted by molar-refractivity contribution is 7.19. The Balaban J connectivity index is 1.69. The first-order valence-corrected chi connectivity index (χ1v) is 9.15. The number of ether oxygens (including phenoxy) is 1. The fourth-order valence-electron chi connectivity index (χ4n) is 4.52. The van der Waals surface area contributed by atoms with Gasteiger partial charge in [0.25, 0.3) is 5.91 Å². The van der Waals surface area contributed by atoms with Crippen LogP contribution in [0.25, 0.3) is 10.2 Å². The smallest absolute Gasteiger partial charge is 0.256 e. The highest BCUT2D eigenvalue weighted by Crippen LogP contribution is 2.48. The second kappa shape index (κ2) is 5.48. The van der Waals surface area contributed by atoms with Gasteiger partial charge in [-0.1, -0.05) is 6.92 Å². The van der Waals surface area contributed by atoms with Crippen LogP contribution in [-0.2, 0) is 0 Å². The third kappa shape index (κ3) is 2.33. The topological polar surface area (TPSA) is 51.2 Å². The zero-order valence-corrected chi connectivity index (χ0v) is 14.6. The molecule has 1 aromatic heterocycles. The zero-order chi connectivity index (χ0) is 16.1. The zero-order valence-electron chi connectivity index (χ0n) is 13.8. The van der Waals surface area contributed by atoms with Crippen LogP contribution >= 0.6 is 11.3 Å². The Labute approximate surface area is 140 Å². The Hall–Kier alpha value is -1.62. The van der Waals surface area contributed by atoms with Crippen molar-refractivity contribution in [2.45, 2.75) is 39.2 Å². The van der Waals surface area contributed by atoms with Crippen LogP contribution in [0.5, 0.6) is 5.75 Å². The lowest BCUT2D eigenvalue weighted by molar-refractivity contribution is 0.0903. The molecule has 23 heavy (non-hydrogen) atoms. The van der Waals surface area contributed by atoms with E-state index in [9.17, 15) is 4.79 Å². The van der Waals surface area contributed by atoms with Crippen molar-refractivity contribution in [1.82, 2.24) is 10.3 Å². The van der Waals surface area contributed by atoms with E-state index in [1.54, 1.807) is 18.4 Å². The van der Waals surface area contributed by atoms with E-state index in [4.69, 9.17) is 4.74 Å². The van der Waals surface area contributed by atoms with Gasteiger partial charge in [-0.05, 0) is 56.1 Å². The molecule has 1 N–H and O–H groups in total. The predicted octanol–water partition coefficient (Wildman–Crippen LogP) is 3.78. The van der Waals surface area contributed by atoms with Crippen molar-refractivity contribution in [3.8, 4) is 5.75 Å². The SMILES string of the molecule is COc1ccc2nc(C)sc2c1C(=O)NC1C2CC[C@@H](C2)C1C. The van der Waals surface area contributed by atoms with Gasteiger partial charge in [0.15, 0.2) is 0 Å². The minimum atomic E-state index is -0.0134. The van der Waals surface area contributed by atoms with Crippen LogP contribution in [0, 0.1) is 24.7 Å². The normalized spacial score (nSPS) is 29.2. The number of carbonyl (C=O) groups excluding carboxylic acids is 1. The highest BCUT2D eigenvalue weighted by Gasteiger charge is 2.46. The lowest BCUT2D eigenvalue weighted by atomic mass is 9.86.